The predicted octanol–water partition coefficient (Wildman–Crippen LogP) is 2.13. The predicted molar refractivity (Wildman–Crippen MR) is 45.1 cm³/mol. The minimum atomic E-state index is 0.880. The zero-order valence-corrected chi connectivity index (χ0v) is 7.43. The maximum atomic E-state index is 2.37. The quantitative estimate of drug-likeness (QED) is 0.569. The summed E-state index contributed by atoms with van der Waals surface area (Å²) in [6.07, 6.45) is 5.69. The molecule has 0 N–H and O–H groups in total. The van der Waals surface area contributed by atoms with Crippen LogP contribution in [0.1, 0.15) is 32.6 Å². The Bertz CT molecular complexity index is 98.9. The fraction of sp³-hybridized carbons (Fsp3) is 1.00. The van der Waals surface area contributed by atoms with Crippen molar-refractivity contribution in [3.8, 4) is 0 Å². The summed E-state index contributed by atoms with van der Waals surface area (Å²) in [6, 6.07) is 0.880. The third-order valence-corrected chi connectivity index (χ3v) is 2.82. The van der Waals surface area contributed by atoms with Gasteiger partial charge in [-0.05, 0) is 39.3 Å². The summed E-state index contributed by atoms with van der Waals surface area (Å²) in [4.78, 5) is 2.37. The average Bonchev–Trinajstić information content (AvgIpc) is 2.34. The van der Waals surface area contributed by atoms with E-state index in [0.29, 0.717) is 0 Å². The summed E-state index contributed by atoms with van der Waals surface area (Å²) in [6.45, 7) is 2.31. The van der Waals surface area contributed by atoms with E-state index >= 15 is 0 Å². The van der Waals surface area contributed by atoms with Crippen LogP contribution in [0.15, 0.2) is 0 Å². The van der Waals surface area contributed by atoms with Crippen molar-refractivity contribution < 1.29 is 0 Å². The molecule has 0 amide bonds. The number of rotatable bonds is 2. The van der Waals surface area contributed by atoms with Crippen LogP contribution in [0.4, 0.5) is 0 Å². The molecular weight excluding hydrogens is 122 g/mol. The first-order valence-corrected chi connectivity index (χ1v) is 4.40. The maximum absolute atomic E-state index is 2.37. The first kappa shape index (κ1) is 8.06. The molecule has 2 unspecified atom stereocenters. The molecule has 1 heteroatoms. The van der Waals surface area contributed by atoms with Gasteiger partial charge in [-0.25, -0.2) is 0 Å². The van der Waals surface area contributed by atoms with Gasteiger partial charge in [-0.15, -0.1) is 0 Å². The molecular formula is C9H19N. The second-order valence-corrected chi connectivity index (χ2v) is 3.70. The minimum Gasteiger partial charge on any atom is -0.306 e. The van der Waals surface area contributed by atoms with Crippen molar-refractivity contribution in [3.05, 3.63) is 0 Å². The lowest BCUT2D eigenvalue weighted by Crippen LogP contribution is -2.24. The molecule has 0 aliphatic heterocycles. The molecule has 0 bridgehead atoms. The van der Waals surface area contributed by atoms with Gasteiger partial charge in [-0.3, -0.25) is 0 Å². The van der Waals surface area contributed by atoms with Gasteiger partial charge in [0.25, 0.3) is 0 Å². The largest absolute Gasteiger partial charge is 0.306 e. The lowest BCUT2D eigenvalue weighted by atomic mass is 10.1. The van der Waals surface area contributed by atoms with Gasteiger partial charge in [-0.1, -0.05) is 13.3 Å². The van der Waals surface area contributed by atoms with Crippen LogP contribution in [0.3, 0.4) is 0 Å². The van der Waals surface area contributed by atoms with Crippen LogP contribution in [0, 0.1) is 5.92 Å². The highest BCUT2D eigenvalue weighted by molar-refractivity contribution is 4.79. The Labute approximate surface area is 64.4 Å². The van der Waals surface area contributed by atoms with Gasteiger partial charge in [0, 0.05) is 6.04 Å². The fourth-order valence-electron chi connectivity index (χ4n) is 1.89. The maximum Gasteiger partial charge on any atom is 0.00919 e. The molecule has 1 rings (SSSR count). The van der Waals surface area contributed by atoms with Crippen LogP contribution < -0.4 is 0 Å². The third-order valence-electron chi connectivity index (χ3n) is 2.82. The van der Waals surface area contributed by atoms with Crippen molar-refractivity contribution in [3.63, 3.8) is 0 Å². The molecule has 0 aromatic carbocycles. The van der Waals surface area contributed by atoms with Crippen molar-refractivity contribution in [2.24, 2.45) is 5.92 Å². The van der Waals surface area contributed by atoms with Crippen molar-refractivity contribution in [1.82, 2.24) is 4.90 Å². The Morgan fingerprint density at radius 1 is 1.30 bits per heavy atom. The van der Waals surface area contributed by atoms with E-state index in [1.54, 1.807) is 0 Å². The molecule has 1 aliphatic carbocycles. The van der Waals surface area contributed by atoms with E-state index in [2.05, 4.69) is 25.9 Å². The smallest absolute Gasteiger partial charge is 0.00919 e. The number of hydrogen-bond acceptors (Lipinski definition) is 1. The Hall–Kier alpha value is -0.0400. The molecule has 1 saturated carbocycles. The lowest BCUT2D eigenvalue weighted by molar-refractivity contribution is 0.290. The molecule has 1 fully saturated rings. The highest BCUT2D eigenvalue weighted by atomic mass is 15.1. The highest BCUT2D eigenvalue weighted by Gasteiger charge is 2.24. The van der Waals surface area contributed by atoms with Gasteiger partial charge in [0.1, 0.15) is 0 Å². The molecule has 0 saturated heterocycles. The van der Waals surface area contributed by atoms with E-state index in [1.807, 2.05) is 0 Å². The summed E-state index contributed by atoms with van der Waals surface area (Å²) in [7, 11) is 4.39. The molecule has 0 radical (unpaired) electrons. The van der Waals surface area contributed by atoms with Gasteiger partial charge in [-0.2, -0.15) is 0 Å². The van der Waals surface area contributed by atoms with E-state index < -0.39 is 0 Å². The molecule has 0 spiro atoms. The second kappa shape index (κ2) is 3.38. The first-order chi connectivity index (χ1) is 4.74. The Morgan fingerprint density at radius 3 is 2.30 bits per heavy atom. The summed E-state index contributed by atoms with van der Waals surface area (Å²) < 4.78 is 0. The minimum absolute atomic E-state index is 0.880. The number of nitrogens with zero attached hydrogens (tertiary/aromatic N) is 1. The van der Waals surface area contributed by atoms with Gasteiger partial charge in [0.2, 0.25) is 0 Å². The third kappa shape index (κ3) is 1.72. The van der Waals surface area contributed by atoms with Crippen LogP contribution >= 0.6 is 0 Å². The first-order valence-electron chi connectivity index (χ1n) is 4.40. The van der Waals surface area contributed by atoms with E-state index in [0.717, 1.165) is 12.0 Å². The van der Waals surface area contributed by atoms with E-state index in [9.17, 15) is 0 Å². The van der Waals surface area contributed by atoms with Crippen molar-refractivity contribution in [1.29, 1.82) is 0 Å². The van der Waals surface area contributed by atoms with E-state index in [-0.39, 0.29) is 0 Å². The summed E-state index contributed by atoms with van der Waals surface area (Å²) in [5.41, 5.74) is 0. The lowest BCUT2D eigenvalue weighted by Gasteiger charge is -2.18. The SMILES string of the molecule is CCC1CCC(N(C)C)C1. The second-order valence-electron chi connectivity index (χ2n) is 3.70. The van der Waals surface area contributed by atoms with Gasteiger partial charge >= 0.3 is 0 Å². The van der Waals surface area contributed by atoms with Crippen LogP contribution in [0.2, 0.25) is 0 Å². The monoisotopic (exact) mass is 141 g/mol. The van der Waals surface area contributed by atoms with E-state index in [1.165, 1.54) is 25.7 Å². The van der Waals surface area contributed by atoms with Gasteiger partial charge in [0.05, 0.1) is 0 Å². The van der Waals surface area contributed by atoms with Crippen LogP contribution in [-0.2, 0) is 0 Å². The van der Waals surface area contributed by atoms with Crippen molar-refractivity contribution >= 4 is 0 Å². The average molecular weight is 141 g/mol. The van der Waals surface area contributed by atoms with Crippen molar-refractivity contribution in [2.45, 2.75) is 38.6 Å². The van der Waals surface area contributed by atoms with Crippen LogP contribution in [0.25, 0.3) is 0 Å². The Balaban J connectivity index is 2.28. The van der Waals surface area contributed by atoms with E-state index in [4.69, 9.17) is 0 Å². The van der Waals surface area contributed by atoms with Gasteiger partial charge in [0.15, 0.2) is 0 Å². The Morgan fingerprint density at radius 2 is 2.00 bits per heavy atom. The molecule has 1 nitrogen and oxygen atoms in total. The highest BCUT2D eigenvalue weighted by Crippen LogP contribution is 2.29. The molecule has 2 atom stereocenters. The molecule has 60 valence electrons. The normalized spacial score (nSPS) is 33.6. The fourth-order valence-corrected chi connectivity index (χ4v) is 1.89. The number of hydrogen-bond donors (Lipinski definition) is 0. The molecule has 10 heavy (non-hydrogen) atoms. The Kier molecular flexibility index (Phi) is 2.72. The summed E-state index contributed by atoms with van der Waals surface area (Å²) in [5.74, 6) is 1.02. The molecule has 0 aromatic rings. The van der Waals surface area contributed by atoms with Crippen LogP contribution in [-0.4, -0.2) is 25.0 Å². The van der Waals surface area contributed by atoms with Crippen molar-refractivity contribution in [2.75, 3.05) is 14.1 Å². The van der Waals surface area contributed by atoms with Gasteiger partial charge < -0.3 is 4.90 Å². The zero-order valence-electron chi connectivity index (χ0n) is 7.43. The molecule has 1 aliphatic rings. The molecule has 0 heterocycles. The summed E-state index contributed by atoms with van der Waals surface area (Å²) >= 11 is 0. The summed E-state index contributed by atoms with van der Waals surface area (Å²) in [5, 5.41) is 0. The molecule has 0 aromatic heterocycles. The van der Waals surface area contributed by atoms with Crippen LogP contribution in [0.5, 0.6) is 0 Å². The standard InChI is InChI=1S/C9H19N/c1-4-8-5-6-9(7-8)10(2)3/h8-9H,4-7H2,1-3H3. The topological polar surface area (TPSA) is 3.24 Å². The zero-order chi connectivity index (χ0) is 7.56.